The van der Waals surface area contributed by atoms with Crippen molar-refractivity contribution in [3.63, 3.8) is 0 Å². The van der Waals surface area contributed by atoms with Crippen LogP contribution in [0, 0.1) is 0 Å². The summed E-state index contributed by atoms with van der Waals surface area (Å²) >= 11 is 1.32. The Labute approximate surface area is 144 Å². The summed E-state index contributed by atoms with van der Waals surface area (Å²) in [5.74, 6) is -0.588. The van der Waals surface area contributed by atoms with Gasteiger partial charge in [0.1, 0.15) is 5.00 Å². The minimum atomic E-state index is -0.468. The van der Waals surface area contributed by atoms with Crippen LogP contribution in [0.4, 0.5) is 9.80 Å². The number of rotatable bonds is 5. The maximum atomic E-state index is 12.2. The van der Waals surface area contributed by atoms with Crippen molar-refractivity contribution >= 4 is 34.3 Å². The first-order valence-electron chi connectivity index (χ1n) is 7.87. The Morgan fingerprint density at radius 2 is 2.00 bits per heavy atom. The van der Waals surface area contributed by atoms with Crippen LogP contribution in [0.1, 0.15) is 47.0 Å². The average Bonchev–Trinajstić information content (AvgIpc) is 2.95. The fraction of sp³-hybridized carbons (Fsp3) is 0.562. The number of hydrogen-bond donors (Lipinski definition) is 1. The van der Waals surface area contributed by atoms with Crippen LogP contribution in [0.5, 0.6) is 0 Å². The Morgan fingerprint density at radius 3 is 2.62 bits per heavy atom. The number of fused-ring (bicyclic) bond motifs is 1. The molecular weight excluding hydrogens is 332 g/mol. The summed E-state index contributed by atoms with van der Waals surface area (Å²) in [4.78, 5) is 38.3. The molecule has 0 spiro atoms. The zero-order valence-electron chi connectivity index (χ0n) is 14.1. The molecule has 0 bridgehead atoms. The quantitative estimate of drug-likeness (QED) is 0.822. The van der Waals surface area contributed by atoms with E-state index in [2.05, 4.69) is 5.32 Å². The van der Waals surface area contributed by atoms with Gasteiger partial charge in [-0.1, -0.05) is 13.3 Å². The van der Waals surface area contributed by atoms with E-state index in [0.717, 1.165) is 23.3 Å². The number of nitrogens with zero attached hydrogens (tertiary/aromatic N) is 1. The van der Waals surface area contributed by atoms with Gasteiger partial charge >= 0.3 is 12.1 Å². The number of amides is 2. The molecule has 0 fully saturated rings. The van der Waals surface area contributed by atoms with Gasteiger partial charge in [0.2, 0.25) is 5.91 Å². The summed E-state index contributed by atoms with van der Waals surface area (Å²) in [6.07, 6.45) is 2.25. The third-order valence-electron chi connectivity index (χ3n) is 3.89. The smallest absolute Gasteiger partial charge is 0.409 e. The molecule has 0 atom stereocenters. The van der Waals surface area contributed by atoms with Crippen molar-refractivity contribution in [2.75, 3.05) is 26.1 Å². The molecule has 8 heteroatoms. The Morgan fingerprint density at radius 1 is 1.25 bits per heavy atom. The molecule has 24 heavy (non-hydrogen) atoms. The SMILES string of the molecule is CCCCC(=O)Nc1sc2c(c1C(=O)OC)CCN(C(=O)OC)C2. The molecule has 0 unspecified atom stereocenters. The van der Waals surface area contributed by atoms with Crippen molar-refractivity contribution in [2.24, 2.45) is 0 Å². The van der Waals surface area contributed by atoms with Gasteiger partial charge in [0.15, 0.2) is 0 Å². The highest BCUT2D eigenvalue weighted by Crippen LogP contribution is 2.37. The number of thiophene rings is 1. The summed E-state index contributed by atoms with van der Waals surface area (Å²) in [6.45, 7) is 2.84. The van der Waals surface area contributed by atoms with Gasteiger partial charge in [0, 0.05) is 17.8 Å². The third kappa shape index (κ3) is 3.87. The van der Waals surface area contributed by atoms with Crippen LogP contribution in [-0.4, -0.2) is 43.6 Å². The minimum Gasteiger partial charge on any atom is -0.465 e. The molecule has 0 radical (unpaired) electrons. The summed E-state index contributed by atoms with van der Waals surface area (Å²) < 4.78 is 9.62. The summed E-state index contributed by atoms with van der Waals surface area (Å²) in [7, 11) is 2.66. The van der Waals surface area contributed by atoms with Crippen LogP contribution in [0.25, 0.3) is 0 Å². The van der Waals surface area contributed by atoms with E-state index >= 15 is 0 Å². The first-order chi connectivity index (χ1) is 11.5. The van der Waals surface area contributed by atoms with Gasteiger partial charge in [-0.25, -0.2) is 9.59 Å². The molecule has 1 aliphatic heterocycles. The lowest BCUT2D eigenvalue weighted by Gasteiger charge is -2.25. The van der Waals surface area contributed by atoms with Crippen LogP contribution in [0.2, 0.25) is 0 Å². The number of nitrogens with one attached hydrogen (secondary N) is 1. The van der Waals surface area contributed by atoms with Crippen LogP contribution >= 0.6 is 11.3 Å². The first kappa shape index (κ1) is 18.3. The van der Waals surface area contributed by atoms with Crippen molar-refractivity contribution in [3.8, 4) is 0 Å². The molecule has 132 valence electrons. The van der Waals surface area contributed by atoms with Gasteiger partial charge < -0.3 is 19.7 Å². The number of esters is 1. The Kier molecular flexibility index (Phi) is 6.19. The van der Waals surface area contributed by atoms with Gasteiger partial charge in [-0.05, 0) is 18.4 Å². The van der Waals surface area contributed by atoms with E-state index in [1.165, 1.54) is 25.6 Å². The molecule has 0 aromatic carbocycles. The number of methoxy groups -OCH3 is 2. The van der Waals surface area contributed by atoms with Crippen molar-refractivity contribution < 1.29 is 23.9 Å². The molecule has 0 saturated heterocycles. The lowest BCUT2D eigenvalue weighted by molar-refractivity contribution is -0.116. The molecule has 2 rings (SSSR count). The summed E-state index contributed by atoms with van der Waals surface area (Å²) in [6, 6.07) is 0. The van der Waals surface area contributed by atoms with Crippen molar-refractivity contribution in [1.29, 1.82) is 0 Å². The van der Waals surface area contributed by atoms with Crippen LogP contribution in [0.3, 0.4) is 0 Å². The normalized spacial score (nSPS) is 13.2. The molecule has 2 heterocycles. The molecule has 1 aromatic rings. The average molecular weight is 354 g/mol. The second kappa shape index (κ2) is 8.14. The monoisotopic (exact) mass is 354 g/mol. The molecule has 2 amide bonds. The lowest BCUT2D eigenvalue weighted by Crippen LogP contribution is -2.35. The highest BCUT2D eigenvalue weighted by atomic mass is 32.1. The van der Waals surface area contributed by atoms with Gasteiger partial charge in [-0.2, -0.15) is 0 Å². The Balaban J connectivity index is 2.28. The summed E-state index contributed by atoms with van der Waals surface area (Å²) in [5, 5.41) is 3.32. The first-order valence-corrected chi connectivity index (χ1v) is 8.69. The lowest BCUT2D eigenvalue weighted by atomic mass is 10.0. The molecule has 1 aliphatic rings. The maximum absolute atomic E-state index is 12.2. The second-order valence-electron chi connectivity index (χ2n) is 5.49. The van der Waals surface area contributed by atoms with E-state index < -0.39 is 12.1 Å². The Hall–Kier alpha value is -2.09. The molecule has 1 N–H and O–H groups in total. The van der Waals surface area contributed by atoms with Crippen molar-refractivity contribution in [3.05, 3.63) is 16.0 Å². The molecule has 7 nitrogen and oxygen atoms in total. The van der Waals surface area contributed by atoms with E-state index in [4.69, 9.17) is 9.47 Å². The molecular formula is C16H22N2O5S. The van der Waals surface area contributed by atoms with Crippen LogP contribution < -0.4 is 5.32 Å². The van der Waals surface area contributed by atoms with Gasteiger partial charge in [0.05, 0.1) is 26.3 Å². The molecule has 1 aromatic heterocycles. The van der Waals surface area contributed by atoms with Gasteiger partial charge in [0.25, 0.3) is 0 Å². The van der Waals surface area contributed by atoms with E-state index in [1.807, 2.05) is 6.92 Å². The summed E-state index contributed by atoms with van der Waals surface area (Å²) in [5.41, 5.74) is 1.25. The number of carbonyl (C=O) groups is 3. The molecule has 0 aliphatic carbocycles. The van der Waals surface area contributed by atoms with E-state index in [1.54, 1.807) is 4.90 Å². The second-order valence-corrected chi connectivity index (χ2v) is 6.60. The standard InChI is InChI=1S/C16H22N2O5S/c1-4-5-6-12(19)17-14-13(15(20)22-2)10-7-8-18(16(21)23-3)9-11(10)24-14/h4-9H2,1-3H3,(H,17,19). The fourth-order valence-electron chi connectivity index (χ4n) is 2.62. The van der Waals surface area contributed by atoms with Gasteiger partial charge in [-0.3, -0.25) is 4.79 Å². The highest BCUT2D eigenvalue weighted by molar-refractivity contribution is 7.17. The number of ether oxygens (including phenoxy) is 2. The third-order valence-corrected chi connectivity index (χ3v) is 5.02. The zero-order valence-corrected chi connectivity index (χ0v) is 15.0. The number of carbonyl (C=O) groups excluding carboxylic acids is 3. The van der Waals surface area contributed by atoms with E-state index in [9.17, 15) is 14.4 Å². The van der Waals surface area contributed by atoms with Crippen molar-refractivity contribution in [1.82, 2.24) is 4.90 Å². The molecule has 0 saturated carbocycles. The predicted octanol–water partition coefficient (Wildman–Crippen LogP) is 2.79. The maximum Gasteiger partial charge on any atom is 0.409 e. The Bertz CT molecular complexity index is 641. The number of unbranched alkanes of at least 4 members (excludes halogenated alkanes) is 1. The fourth-order valence-corrected chi connectivity index (χ4v) is 3.89. The minimum absolute atomic E-state index is 0.120. The van der Waals surface area contributed by atoms with Gasteiger partial charge in [-0.15, -0.1) is 11.3 Å². The topological polar surface area (TPSA) is 84.9 Å². The van der Waals surface area contributed by atoms with E-state index in [-0.39, 0.29) is 5.91 Å². The largest absolute Gasteiger partial charge is 0.465 e. The highest BCUT2D eigenvalue weighted by Gasteiger charge is 2.31. The zero-order chi connectivity index (χ0) is 17.7. The van der Waals surface area contributed by atoms with Crippen LogP contribution in [0.15, 0.2) is 0 Å². The van der Waals surface area contributed by atoms with Crippen molar-refractivity contribution in [2.45, 2.75) is 39.2 Å². The number of hydrogen-bond acceptors (Lipinski definition) is 6. The van der Waals surface area contributed by atoms with Crippen LogP contribution in [-0.2, 0) is 27.2 Å². The van der Waals surface area contributed by atoms with E-state index in [0.29, 0.717) is 36.5 Å². The predicted molar refractivity (Wildman–Crippen MR) is 90.3 cm³/mol. The number of anilines is 1.